The van der Waals surface area contributed by atoms with Gasteiger partial charge >= 0.3 is 6.01 Å². The van der Waals surface area contributed by atoms with Crippen molar-refractivity contribution in [1.82, 2.24) is 9.97 Å². The molecular weight excluding hydrogens is 182 g/mol. The van der Waals surface area contributed by atoms with Gasteiger partial charge in [-0.15, -0.1) is 0 Å². The number of hydrogen-bond donors (Lipinski definition) is 0. The summed E-state index contributed by atoms with van der Waals surface area (Å²) in [6, 6.07) is 3.72. The van der Waals surface area contributed by atoms with Crippen molar-refractivity contribution >= 4 is 0 Å². The van der Waals surface area contributed by atoms with Gasteiger partial charge in [-0.3, -0.25) is 0 Å². The fourth-order valence-corrected chi connectivity index (χ4v) is 1.21. The van der Waals surface area contributed by atoms with Gasteiger partial charge in [-0.05, 0) is 6.07 Å². The van der Waals surface area contributed by atoms with Gasteiger partial charge in [-0.25, -0.2) is 4.98 Å². The van der Waals surface area contributed by atoms with Crippen LogP contribution in [0.1, 0.15) is 12.1 Å². The Kier molecular flexibility index (Phi) is 2.56. The van der Waals surface area contributed by atoms with Crippen molar-refractivity contribution in [2.24, 2.45) is 0 Å². The molecule has 5 nitrogen and oxygen atoms in total. The number of ether oxygens (including phenoxy) is 2. The Morgan fingerprint density at radius 3 is 3.29 bits per heavy atom. The van der Waals surface area contributed by atoms with Crippen molar-refractivity contribution < 1.29 is 9.47 Å². The van der Waals surface area contributed by atoms with Crippen LogP contribution in [-0.4, -0.2) is 29.3 Å². The van der Waals surface area contributed by atoms with Crippen molar-refractivity contribution in [2.75, 3.05) is 13.2 Å². The Labute approximate surface area is 81.3 Å². The maximum Gasteiger partial charge on any atom is 0.317 e. The Bertz CT molecular complexity index is 355. The number of rotatable bonds is 2. The Morgan fingerprint density at radius 1 is 1.64 bits per heavy atom. The molecule has 0 aliphatic carbocycles. The van der Waals surface area contributed by atoms with Crippen LogP contribution < -0.4 is 4.74 Å². The molecule has 1 saturated heterocycles. The molecule has 72 valence electrons. The lowest BCUT2D eigenvalue weighted by Gasteiger charge is -2.08. The topological polar surface area (TPSA) is 68.0 Å². The summed E-state index contributed by atoms with van der Waals surface area (Å²) in [6.45, 7) is 1.28. The first-order valence-corrected chi connectivity index (χ1v) is 4.36. The lowest BCUT2D eigenvalue weighted by atomic mass is 10.3. The zero-order valence-electron chi connectivity index (χ0n) is 7.51. The Balaban J connectivity index is 2.05. The van der Waals surface area contributed by atoms with Crippen molar-refractivity contribution in [3.8, 4) is 12.1 Å². The predicted octanol–water partition coefficient (Wildman–Crippen LogP) is 0.516. The molecule has 1 aliphatic rings. The molecule has 0 bridgehead atoms. The summed E-state index contributed by atoms with van der Waals surface area (Å²) < 4.78 is 10.6. The average molecular weight is 191 g/mol. The van der Waals surface area contributed by atoms with Crippen LogP contribution in [0.25, 0.3) is 0 Å². The fraction of sp³-hybridized carbons (Fsp3) is 0.444. The number of nitriles is 1. The molecule has 0 aromatic carbocycles. The molecule has 1 fully saturated rings. The van der Waals surface area contributed by atoms with Crippen LogP contribution in [0.3, 0.4) is 0 Å². The van der Waals surface area contributed by atoms with E-state index >= 15 is 0 Å². The summed E-state index contributed by atoms with van der Waals surface area (Å²) >= 11 is 0. The van der Waals surface area contributed by atoms with Gasteiger partial charge in [0, 0.05) is 12.6 Å². The highest BCUT2D eigenvalue weighted by molar-refractivity contribution is 5.19. The molecular formula is C9H9N3O2. The van der Waals surface area contributed by atoms with E-state index in [2.05, 4.69) is 9.97 Å². The minimum Gasteiger partial charge on any atom is -0.458 e. The minimum absolute atomic E-state index is 0.0175. The highest BCUT2D eigenvalue weighted by Gasteiger charge is 2.18. The monoisotopic (exact) mass is 191 g/mol. The SMILES string of the molecule is N#Cc1ccnc(OC2CCOC2)n1. The third kappa shape index (κ3) is 1.98. The normalized spacial score (nSPS) is 20.4. The molecule has 0 amide bonds. The quantitative estimate of drug-likeness (QED) is 0.681. The molecule has 1 aromatic rings. The van der Waals surface area contributed by atoms with Gasteiger partial charge < -0.3 is 9.47 Å². The largest absolute Gasteiger partial charge is 0.458 e. The van der Waals surface area contributed by atoms with Crippen molar-refractivity contribution in [3.63, 3.8) is 0 Å². The van der Waals surface area contributed by atoms with Crippen molar-refractivity contribution in [2.45, 2.75) is 12.5 Å². The van der Waals surface area contributed by atoms with Gasteiger partial charge in [0.2, 0.25) is 0 Å². The van der Waals surface area contributed by atoms with Crippen LogP contribution >= 0.6 is 0 Å². The van der Waals surface area contributed by atoms with Crippen LogP contribution in [0, 0.1) is 11.3 Å². The van der Waals surface area contributed by atoms with Gasteiger partial charge in [-0.1, -0.05) is 0 Å². The Morgan fingerprint density at radius 2 is 2.57 bits per heavy atom. The van der Waals surface area contributed by atoms with E-state index < -0.39 is 0 Å². The first-order chi connectivity index (χ1) is 6.88. The van der Waals surface area contributed by atoms with Crippen LogP contribution in [0.4, 0.5) is 0 Å². The molecule has 1 atom stereocenters. The van der Waals surface area contributed by atoms with Crippen LogP contribution in [0.5, 0.6) is 6.01 Å². The number of hydrogen-bond acceptors (Lipinski definition) is 5. The fourth-order valence-electron chi connectivity index (χ4n) is 1.21. The highest BCUT2D eigenvalue weighted by Crippen LogP contribution is 2.11. The summed E-state index contributed by atoms with van der Waals surface area (Å²) in [5, 5.41) is 8.60. The summed E-state index contributed by atoms with van der Waals surface area (Å²) in [5.74, 6) is 0. The molecule has 1 unspecified atom stereocenters. The van der Waals surface area contributed by atoms with Gasteiger partial charge in [0.1, 0.15) is 17.9 Å². The van der Waals surface area contributed by atoms with Crippen molar-refractivity contribution in [1.29, 1.82) is 5.26 Å². The van der Waals surface area contributed by atoms with Gasteiger partial charge in [-0.2, -0.15) is 10.2 Å². The molecule has 5 heteroatoms. The number of aromatic nitrogens is 2. The number of nitrogens with zero attached hydrogens (tertiary/aromatic N) is 3. The molecule has 0 N–H and O–H groups in total. The van der Waals surface area contributed by atoms with E-state index in [1.807, 2.05) is 6.07 Å². The van der Waals surface area contributed by atoms with Crippen molar-refractivity contribution in [3.05, 3.63) is 18.0 Å². The zero-order valence-corrected chi connectivity index (χ0v) is 7.51. The second kappa shape index (κ2) is 4.03. The molecule has 0 radical (unpaired) electrons. The minimum atomic E-state index is 0.0175. The molecule has 1 aliphatic heterocycles. The van der Waals surface area contributed by atoms with E-state index in [-0.39, 0.29) is 12.1 Å². The molecule has 0 spiro atoms. The average Bonchev–Trinajstić information content (AvgIpc) is 2.71. The lowest BCUT2D eigenvalue weighted by Crippen LogP contribution is -2.17. The van der Waals surface area contributed by atoms with Gasteiger partial charge in [0.15, 0.2) is 0 Å². The lowest BCUT2D eigenvalue weighted by molar-refractivity contribution is 0.134. The second-order valence-electron chi connectivity index (χ2n) is 2.94. The molecule has 2 heterocycles. The maximum absolute atomic E-state index is 8.60. The van der Waals surface area contributed by atoms with Crippen LogP contribution in [0.2, 0.25) is 0 Å². The third-order valence-electron chi connectivity index (χ3n) is 1.91. The predicted molar refractivity (Wildman–Crippen MR) is 46.6 cm³/mol. The standard InChI is InChI=1S/C9H9N3O2/c10-5-7-1-3-11-9(12-7)14-8-2-4-13-6-8/h1,3,8H,2,4,6H2. The van der Waals surface area contributed by atoms with Gasteiger partial charge in [0.25, 0.3) is 0 Å². The Hall–Kier alpha value is -1.67. The summed E-state index contributed by atoms with van der Waals surface area (Å²) in [4.78, 5) is 7.82. The molecule has 1 aromatic heterocycles. The summed E-state index contributed by atoms with van der Waals surface area (Å²) in [6.07, 6.45) is 2.38. The summed E-state index contributed by atoms with van der Waals surface area (Å²) in [5.41, 5.74) is 0.314. The molecule has 14 heavy (non-hydrogen) atoms. The first-order valence-electron chi connectivity index (χ1n) is 4.36. The van der Waals surface area contributed by atoms with E-state index in [9.17, 15) is 0 Å². The van der Waals surface area contributed by atoms with E-state index in [1.54, 1.807) is 0 Å². The van der Waals surface area contributed by atoms with E-state index in [0.717, 1.165) is 6.42 Å². The second-order valence-corrected chi connectivity index (χ2v) is 2.94. The van der Waals surface area contributed by atoms with E-state index in [4.69, 9.17) is 14.7 Å². The smallest absolute Gasteiger partial charge is 0.317 e. The van der Waals surface area contributed by atoms with Crippen LogP contribution in [0.15, 0.2) is 12.3 Å². The summed E-state index contributed by atoms with van der Waals surface area (Å²) in [7, 11) is 0. The van der Waals surface area contributed by atoms with Crippen LogP contribution in [-0.2, 0) is 4.74 Å². The highest BCUT2D eigenvalue weighted by atomic mass is 16.6. The molecule has 2 rings (SSSR count). The van der Waals surface area contributed by atoms with Gasteiger partial charge in [0.05, 0.1) is 13.2 Å². The van der Waals surface area contributed by atoms with E-state index in [1.165, 1.54) is 12.3 Å². The third-order valence-corrected chi connectivity index (χ3v) is 1.91. The van der Waals surface area contributed by atoms with E-state index in [0.29, 0.717) is 18.9 Å². The zero-order chi connectivity index (χ0) is 9.80. The molecule has 0 saturated carbocycles. The maximum atomic E-state index is 8.60. The first kappa shape index (κ1) is 8.91.